The molecule has 3 N–H and O–H groups in total. The number of hydrogen-bond donors (Lipinski definition) is 3. The lowest BCUT2D eigenvalue weighted by Crippen LogP contribution is -2.02. The third kappa shape index (κ3) is 2.15. The van der Waals surface area contributed by atoms with Gasteiger partial charge >= 0.3 is 0 Å². The smallest absolute Gasteiger partial charge is 0.294 e. The summed E-state index contributed by atoms with van der Waals surface area (Å²) in [4.78, 5) is 0.313. The van der Waals surface area contributed by atoms with Crippen LogP contribution in [-0.2, 0) is 10.1 Å². The number of rotatable bonds is 1. The number of anilines is 1. The normalized spacial score (nSPS) is 11.6. The molecule has 0 saturated heterocycles. The van der Waals surface area contributed by atoms with Gasteiger partial charge < -0.3 is 5.73 Å². The molecule has 0 unspecified atom stereocenters. The lowest BCUT2D eigenvalue weighted by molar-refractivity contribution is 0.482. The summed E-state index contributed by atoms with van der Waals surface area (Å²) < 4.78 is 30.4. The molecule has 1 rings (SSSR count). The van der Waals surface area contributed by atoms with Crippen LogP contribution in [0.5, 0.6) is 0 Å². The summed E-state index contributed by atoms with van der Waals surface area (Å²) in [5.41, 5.74) is 6.08. The second-order valence-electron chi connectivity index (χ2n) is 2.65. The zero-order chi connectivity index (χ0) is 10.2. The van der Waals surface area contributed by atoms with Crippen LogP contribution in [0, 0.1) is 6.92 Å². The minimum absolute atomic E-state index is 0.178. The number of nitrogen functional groups attached to an aromatic ring is 1. The molecule has 0 heterocycles. The minimum atomic E-state index is -4.19. The number of nitrogens with two attached hydrogens (primary N) is 1. The van der Waals surface area contributed by atoms with Crippen molar-refractivity contribution in [3.8, 4) is 0 Å². The van der Waals surface area contributed by atoms with Crippen molar-refractivity contribution >= 4 is 28.4 Å². The monoisotopic (exact) mass is 219 g/mol. The van der Waals surface area contributed by atoms with Gasteiger partial charge in [-0.2, -0.15) is 8.42 Å². The first-order valence-electron chi connectivity index (χ1n) is 3.39. The summed E-state index contributed by atoms with van der Waals surface area (Å²) in [6.45, 7) is 1.56. The zero-order valence-corrected chi connectivity index (χ0v) is 8.56. The lowest BCUT2D eigenvalue weighted by atomic mass is 10.2. The largest absolute Gasteiger partial charge is 0.398 e. The van der Waals surface area contributed by atoms with E-state index in [0.29, 0.717) is 10.5 Å². The van der Waals surface area contributed by atoms with Gasteiger partial charge in [-0.3, -0.25) is 4.55 Å². The van der Waals surface area contributed by atoms with Gasteiger partial charge in [-0.05, 0) is 24.6 Å². The highest BCUT2D eigenvalue weighted by Crippen LogP contribution is 2.24. The molecule has 1 aromatic carbocycles. The van der Waals surface area contributed by atoms with Crippen LogP contribution in [0.15, 0.2) is 21.9 Å². The quantitative estimate of drug-likeness (QED) is 0.375. The summed E-state index contributed by atoms with van der Waals surface area (Å²) in [5.74, 6) is 0. The molecule has 6 heteroatoms. The van der Waals surface area contributed by atoms with Crippen LogP contribution in [0.3, 0.4) is 0 Å². The summed E-state index contributed by atoms with van der Waals surface area (Å²) in [6.07, 6.45) is 0. The van der Waals surface area contributed by atoms with Crippen molar-refractivity contribution in [1.82, 2.24) is 0 Å². The van der Waals surface area contributed by atoms with Crippen LogP contribution in [0.1, 0.15) is 5.56 Å². The van der Waals surface area contributed by atoms with E-state index in [0.717, 1.165) is 0 Å². The first kappa shape index (κ1) is 10.4. The SMILES string of the molecule is Cc1cc(S)c(N)cc1S(=O)(=O)O. The van der Waals surface area contributed by atoms with E-state index >= 15 is 0 Å². The molecule has 0 aliphatic rings. The maximum absolute atomic E-state index is 10.8. The average Bonchev–Trinajstić information content (AvgIpc) is 1.94. The van der Waals surface area contributed by atoms with E-state index in [2.05, 4.69) is 12.6 Å². The molecule has 0 saturated carbocycles. The van der Waals surface area contributed by atoms with Gasteiger partial charge in [-0.1, -0.05) is 0 Å². The Morgan fingerprint density at radius 3 is 2.46 bits per heavy atom. The molecule has 0 spiro atoms. The molecular formula is C7H9NO3S2. The second kappa shape index (κ2) is 3.21. The van der Waals surface area contributed by atoms with Gasteiger partial charge in [0.1, 0.15) is 0 Å². The van der Waals surface area contributed by atoms with E-state index in [9.17, 15) is 8.42 Å². The molecule has 4 nitrogen and oxygen atoms in total. The number of hydrogen-bond acceptors (Lipinski definition) is 4. The summed E-state index contributed by atoms with van der Waals surface area (Å²) >= 11 is 4.01. The highest BCUT2D eigenvalue weighted by molar-refractivity contribution is 7.86. The van der Waals surface area contributed by atoms with Crippen molar-refractivity contribution in [2.45, 2.75) is 16.7 Å². The molecule has 72 valence electrons. The van der Waals surface area contributed by atoms with Crippen molar-refractivity contribution in [2.75, 3.05) is 5.73 Å². The number of aryl methyl sites for hydroxylation is 1. The molecule has 0 aliphatic carbocycles. The van der Waals surface area contributed by atoms with Crippen LogP contribution < -0.4 is 5.73 Å². The molecule has 0 amide bonds. The molecule has 0 aliphatic heterocycles. The molecule has 0 bridgehead atoms. The van der Waals surface area contributed by atoms with E-state index in [1.165, 1.54) is 12.1 Å². The first-order chi connectivity index (χ1) is 5.82. The summed E-state index contributed by atoms with van der Waals surface area (Å²) in [5, 5.41) is 0. The Morgan fingerprint density at radius 1 is 1.46 bits per heavy atom. The predicted molar refractivity (Wildman–Crippen MR) is 52.7 cm³/mol. The standard InChI is InChI=1S/C7H9NO3S2/c1-4-2-6(12)5(8)3-7(4)13(9,10)11/h2-3,12H,8H2,1H3,(H,9,10,11). The van der Waals surface area contributed by atoms with Crippen LogP contribution in [0.2, 0.25) is 0 Å². The fraction of sp³-hybridized carbons (Fsp3) is 0.143. The third-order valence-corrected chi connectivity index (χ3v) is 2.99. The highest BCUT2D eigenvalue weighted by Gasteiger charge is 2.14. The van der Waals surface area contributed by atoms with Gasteiger partial charge in [-0.15, -0.1) is 12.6 Å². The second-order valence-corrected chi connectivity index (χ2v) is 4.52. The average molecular weight is 219 g/mol. The van der Waals surface area contributed by atoms with Crippen molar-refractivity contribution in [3.05, 3.63) is 17.7 Å². The van der Waals surface area contributed by atoms with Gasteiger partial charge in [-0.25, -0.2) is 0 Å². The maximum Gasteiger partial charge on any atom is 0.294 e. The molecule has 1 aromatic rings. The number of thiol groups is 1. The van der Waals surface area contributed by atoms with Gasteiger partial charge in [0.05, 0.1) is 4.90 Å². The van der Waals surface area contributed by atoms with Crippen molar-refractivity contribution in [1.29, 1.82) is 0 Å². The van der Waals surface area contributed by atoms with Crippen molar-refractivity contribution in [2.24, 2.45) is 0 Å². The van der Waals surface area contributed by atoms with E-state index in [1.54, 1.807) is 6.92 Å². The van der Waals surface area contributed by atoms with Crippen LogP contribution in [-0.4, -0.2) is 13.0 Å². The van der Waals surface area contributed by atoms with Crippen LogP contribution in [0.25, 0.3) is 0 Å². The predicted octanol–water partition coefficient (Wildman–Crippen LogP) is 1.11. The summed E-state index contributed by atoms with van der Waals surface area (Å²) in [7, 11) is -4.19. The maximum atomic E-state index is 10.8. The fourth-order valence-corrected chi connectivity index (χ4v) is 1.97. The molecule has 0 aromatic heterocycles. The molecule has 0 fully saturated rings. The Labute approximate surface area is 81.9 Å². The molecular weight excluding hydrogens is 210 g/mol. The Kier molecular flexibility index (Phi) is 2.56. The molecule has 0 atom stereocenters. The zero-order valence-electron chi connectivity index (χ0n) is 6.85. The van der Waals surface area contributed by atoms with E-state index in [1.807, 2.05) is 0 Å². The van der Waals surface area contributed by atoms with Gasteiger partial charge in [0.2, 0.25) is 0 Å². The van der Waals surface area contributed by atoms with Gasteiger partial charge in [0, 0.05) is 10.6 Å². The first-order valence-corrected chi connectivity index (χ1v) is 5.27. The van der Waals surface area contributed by atoms with Crippen molar-refractivity contribution < 1.29 is 13.0 Å². The Balaban J connectivity index is 3.50. The van der Waals surface area contributed by atoms with E-state index in [-0.39, 0.29) is 10.6 Å². The van der Waals surface area contributed by atoms with Crippen molar-refractivity contribution in [3.63, 3.8) is 0 Å². The Hall–Kier alpha value is -0.720. The lowest BCUT2D eigenvalue weighted by Gasteiger charge is -2.05. The fourth-order valence-electron chi connectivity index (χ4n) is 0.966. The van der Waals surface area contributed by atoms with Gasteiger partial charge in [0.25, 0.3) is 10.1 Å². The van der Waals surface area contributed by atoms with E-state index < -0.39 is 10.1 Å². The van der Waals surface area contributed by atoms with E-state index in [4.69, 9.17) is 10.3 Å². The topological polar surface area (TPSA) is 80.4 Å². The Bertz CT molecular complexity index is 439. The molecule has 13 heavy (non-hydrogen) atoms. The highest BCUT2D eigenvalue weighted by atomic mass is 32.2. The molecule has 0 radical (unpaired) electrons. The minimum Gasteiger partial charge on any atom is -0.398 e. The van der Waals surface area contributed by atoms with Crippen LogP contribution >= 0.6 is 12.6 Å². The third-order valence-electron chi connectivity index (χ3n) is 1.60. The number of benzene rings is 1. The van der Waals surface area contributed by atoms with Crippen LogP contribution in [0.4, 0.5) is 5.69 Å². The summed E-state index contributed by atoms with van der Waals surface area (Å²) in [6, 6.07) is 2.68. The Morgan fingerprint density at radius 2 is 2.00 bits per heavy atom. The van der Waals surface area contributed by atoms with Gasteiger partial charge in [0.15, 0.2) is 0 Å².